The molecule has 1 aliphatic rings. The first-order chi connectivity index (χ1) is 13.4. The molecule has 1 N–H and O–H groups in total. The summed E-state index contributed by atoms with van der Waals surface area (Å²) in [7, 11) is 0. The Hall–Kier alpha value is -2.04. The number of hydrogen-bond donors (Lipinski definition) is 1. The van der Waals surface area contributed by atoms with Gasteiger partial charge in [0.05, 0.1) is 17.4 Å². The molecule has 1 saturated heterocycles. The highest BCUT2D eigenvalue weighted by molar-refractivity contribution is 5.58. The predicted octanol–water partition coefficient (Wildman–Crippen LogP) is 4.41. The molecule has 152 valence electrons. The first-order valence-corrected chi connectivity index (χ1v) is 10.4. The van der Waals surface area contributed by atoms with E-state index >= 15 is 0 Å². The quantitative estimate of drug-likeness (QED) is 0.769. The first-order valence-electron chi connectivity index (χ1n) is 10.4. The van der Waals surface area contributed by atoms with E-state index in [1.165, 1.54) is 11.3 Å². The number of piperazine rings is 1. The van der Waals surface area contributed by atoms with Crippen molar-refractivity contribution in [2.24, 2.45) is 0 Å². The van der Waals surface area contributed by atoms with Crippen molar-refractivity contribution in [3.8, 4) is 5.75 Å². The van der Waals surface area contributed by atoms with Crippen LogP contribution in [0.3, 0.4) is 0 Å². The van der Waals surface area contributed by atoms with E-state index in [1.807, 2.05) is 26.0 Å². The maximum absolute atomic E-state index is 10.5. The number of benzene rings is 2. The standard InChI is InChI=1S/C24H34N2O2/c1-5-24(4,27)21-10-8-9-20(17-21)18-25-13-15-26(16-14-25)22-11-6-7-12-23(22)28-19(2)3/h6-12,17,19,27H,5,13-16,18H2,1-4H3. The highest BCUT2D eigenvalue weighted by atomic mass is 16.5. The molecular weight excluding hydrogens is 348 g/mol. The van der Waals surface area contributed by atoms with Crippen LogP contribution in [0.2, 0.25) is 0 Å². The van der Waals surface area contributed by atoms with Crippen LogP contribution in [0.5, 0.6) is 5.75 Å². The molecule has 1 fully saturated rings. The molecule has 0 radical (unpaired) electrons. The molecule has 1 heterocycles. The Bertz CT molecular complexity index is 765. The molecule has 0 spiro atoms. The second-order valence-corrected chi connectivity index (χ2v) is 8.23. The van der Waals surface area contributed by atoms with Gasteiger partial charge in [0.15, 0.2) is 0 Å². The van der Waals surface area contributed by atoms with E-state index in [1.54, 1.807) is 0 Å². The molecule has 0 aliphatic carbocycles. The lowest BCUT2D eigenvalue weighted by Crippen LogP contribution is -2.46. The van der Waals surface area contributed by atoms with E-state index in [0.717, 1.165) is 44.0 Å². The van der Waals surface area contributed by atoms with Crippen LogP contribution >= 0.6 is 0 Å². The van der Waals surface area contributed by atoms with Crippen LogP contribution in [0.15, 0.2) is 48.5 Å². The van der Waals surface area contributed by atoms with Crippen LogP contribution < -0.4 is 9.64 Å². The lowest BCUT2D eigenvalue weighted by atomic mass is 9.92. The fraction of sp³-hybridized carbons (Fsp3) is 0.500. The normalized spacial score (nSPS) is 17.6. The van der Waals surface area contributed by atoms with Crippen LogP contribution in [0.1, 0.15) is 45.2 Å². The molecule has 1 atom stereocenters. The largest absolute Gasteiger partial charge is 0.489 e. The Labute approximate surface area is 169 Å². The highest BCUT2D eigenvalue weighted by Gasteiger charge is 2.22. The van der Waals surface area contributed by atoms with E-state index in [2.05, 4.69) is 60.0 Å². The molecule has 4 nitrogen and oxygen atoms in total. The number of nitrogens with zero attached hydrogens (tertiary/aromatic N) is 2. The molecular formula is C24H34N2O2. The van der Waals surface area contributed by atoms with E-state index < -0.39 is 5.60 Å². The van der Waals surface area contributed by atoms with Crippen molar-refractivity contribution < 1.29 is 9.84 Å². The van der Waals surface area contributed by atoms with Gasteiger partial charge in [-0.05, 0) is 50.5 Å². The molecule has 1 aliphatic heterocycles. The zero-order valence-electron chi connectivity index (χ0n) is 17.7. The van der Waals surface area contributed by atoms with Crippen LogP contribution in [0.25, 0.3) is 0 Å². The molecule has 4 heteroatoms. The van der Waals surface area contributed by atoms with Crippen molar-refractivity contribution in [1.29, 1.82) is 0 Å². The number of ether oxygens (including phenoxy) is 1. The number of para-hydroxylation sites is 2. The molecule has 3 rings (SSSR count). The second kappa shape index (κ2) is 8.97. The maximum Gasteiger partial charge on any atom is 0.142 e. The van der Waals surface area contributed by atoms with Crippen LogP contribution in [0.4, 0.5) is 5.69 Å². The average Bonchev–Trinajstić information content (AvgIpc) is 2.69. The summed E-state index contributed by atoms with van der Waals surface area (Å²) in [4.78, 5) is 4.91. The zero-order valence-corrected chi connectivity index (χ0v) is 17.7. The topological polar surface area (TPSA) is 35.9 Å². The van der Waals surface area contributed by atoms with Gasteiger partial charge in [0.1, 0.15) is 5.75 Å². The number of anilines is 1. The summed E-state index contributed by atoms with van der Waals surface area (Å²) in [6, 6.07) is 16.7. The Morgan fingerprint density at radius 2 is 1.75 bits per heavy atom. The number of aliphatic hydroxyl groups is 1. The lowest BCUT2D eigenvalue weighted by Gasteiger charge is -2.37. The van der Waals surface area contributed by atoms with E-state index in [-0.39, 0.29) is 6.10 Å². The summed E-state index contributed by atoms with van der Waals surface area (Å²) in [6.45, 7) is 13.0. The van der Waals surface area contributed by atoms with Gasteiger partial charge < -0.3 is 14.7 Å². The first kappa shape index (κ1) is 20.7. The van der Waals surface area contributed by atoms with E-state index in [0.29, 0.717) is 6.42 Å². The highest BCUT2D eigenvalue weighted by Crippen LogP contribution is 2.30. The van der Waals surface area contributed by atoms with Gasteiger partial charge in [0.25, 0.3) is 0 Å². The third kappa shape index (κ3) is 5.06. The van der Waals surface area contributed by atoms with Crippen molar-refractivity contribution >= 4 is 5.69 Å². The Morgan fingerprint density at radius 3 is 2.43 bits per heavy atom. The molecule has 2 aromatic carbocycles. The molecule has 28 heavy (non-hydrogen) atoms. The summed E-state index contributed by atoms with van der Waals surface area (Å²) >= 11 is 0. The SMILES string of the molecule is CCC(C)(O)c1cccc(CN2CCN(c3ccccc3OC(C)C)CC2)c1. The Kier molecular flexibility index (Phi) is 6.63. The third-order valence-corrected chi connectivity index (χ3v) is 5.58. The van der Waals surface area contributed by atoms with Gasteiger partial charge in [-0.1, -0.05) is 43.3 Å². The van der Waals surface area contributed by atoms with E-state index in [4.69, 9.17) is 4.74 Å². The van der Waals surface area contributed by atoms with Crippen LogP contribution in [-0.4, -0.2) is 42.3 Å². The Balaban J connectivity index is 1.62. The van der Waals surface area contributed by atoms with Gasteiger partial charge in [0, 0.05) is 32.7 Å². The van der Waals surface area contributed by atoms with Gasteiger partial charge in [-0.3, -0.25) is 4.90 Å². The number of hydrogen-bond acceptors (Lipinski definition) is 4. The summed E-state index contributed by atoms with van der Waals surface area (Å²) < 4.78 is 6.00. The summed E-state index contributed by atoms with van der Waals surface area (Å²) in [5.74, 6) is 0.973. The fourth-order valence-corrected chi connectivity index (χ4v) is 3.69. The van der Waals surface area contributed by atoms with Crippen LogP contribution in [0, 0.1) is 0 Å². The van der Waals surface area contributed by atoms with Gasteiger partial charge in [-0.25, -0.2) is 0 Å². The summed E-state index contributed by atoms with van der Waals surface area (Å²) in [6.07, 6.45) is 0.891. The van der Waals surface area contributed by atoms with Crippen molar-refractivity contribution in [2.45, 2.75) is 52.4 Å². The monoisotopic (exact) mass is 382 g/mol. The molecule has 0 saturated carbocycles. The van der Waals surface area contributed by atoms with Crippen LogP contribution in [-0.2, 0) is 12.1 Å². The van der Waals surface area contributed by atoms with Gasteiger partial charge >= 0.3 is 0 Å². The fourth-order valence-electron chi connectivity index (χ4n) is 3.69. The minimum absolute atomic E-state index is 0.176. The third-order valence-electron chi connectivity index (χ3n) is 5.58. The van der Waals surface area contributed by atoms with Gasteiger partial charge in [-0.15, -0.1) is 0 Å². The average molecular weight is 383 g/mol. The maximum atomic E-state index is 10.5. The van der Waals surface area contributed by atoms with Crippen molar-refractivity contribution in [3.05, 3.63) is 59.7 Å². The summed E-state index contributed by atoms with van der Waals surface area (Å²) in [5.41, 5.74) is 2.71. The van der Waals surface area contributed by atoms with Crippen molar-refractivity contribution in [2.75, 3.05) is 31.1 Å². The second-order valence-electron chi connectivity index (χ2n) is 8.23. The lowest BCUT2D eigenvalue weighted by molar-refractivity contribution is 0.0529. The Morgan fingerprint density at radius 1 is 1.04 bits per heavy atom. The van der Waals surface area contributed by atoms with E-state index in [9.17, 15) is 5.11 Å². The minimum Gasteiger partial charge on any atom is -0.489 e. The number of rotatable bonds is 7. The molecule has 0 aromatic heterocycles. The van der Waals surface area contributed by atoms with Gasteiger partial charge in [-0.2, -0.15) is 0 Å². The van der Waals surface area contributed by atoms with Crippen molar-refractivity contribution in [1.82, 2.24) is 4.90 Å². The zero-order chi connectivity index (χ0) is 20.1. The molecule has 0 amide bonds. The molecule has 1 unspecified atom stereocenters. The smallest absolute Gasteiger partial charge is 0.142 e. The summed E-state index contributed by atoms with van der Waals surface area (Å²) in [5, 5.41) is 10.5. The minimum atomic E-state index is -0.755. The van der Waals surface area contributed by atoms with Crippen molar-refractivity contribution in [3.63, 3.8) is 0 Å². The molecule has 0 bridgehead atoms. The molecule has 2 aromatic rings. The predicted molar refractivity (Wildman–Crippen MR) is 116 cm³/mol. The van der Waals surface area contributed by atoms with Gasteiger partial charge in [0.2, 0.25) is 0 Å².